The van der Waals surface area contributed by atoms with Gasteiger partial charge in [0.2, 0.25) is 0 Å². The molecule has 6 nitrogen and oxygen atoms in total. The molecule has 4 rings (SSSR count). The molecular formula is C22H22N4O2S. The van der Waals surface area contributed by atoms with Gasteiger partial charge in [0.25, 0.3) is 5.69 Å². The van der Waals surface area contributed by atoms with Crippen molar-refractivity contribution in [1.82, 2.24) is 9.47 Å². The van der Waals surface area contributed by atoms with Crippen molar-refractivity contribution in [3.8, 4) is 0 Å². The minimum Gasteiger partial charge on any atom is -0.348 e. The van der Waals surface area contributed by atoms with E-state index in [9.17, 15) is 10.1 Å². The number of aryl methyl sites for hydroxylation is 1. The van der Waals surface area contributed by atoms with Crippen LogP contribution in [-0.2, 0) is 6.54 Å². The number of nitrogens with one attached hydrogen (secondary N) is 1. The Bertz CT molecular complexity index is 1070. The first-order valence-corrected chi connectivity index (χ1v) is 9.90. The van der Waals surface area contributed by atoms with Gasteiger partial charge in [-0.3, -0.25) is 10.1 Å². The molecule has 0 amide bonds. The Hall–Kier alpha value is -3.19. The minimum absolute atomic E-state index is 0.0857. The average molecular weight is 407 g/mol. The summed E-state index contributed by atoms with van der Waals surface area (Å²) >= 11 is 5.80. The number of nitro benzene ring substituents is 1. The molecule has 0 spiro atoms. The van der Waals surface area contributed by atoms with E-state index in [2.05, 4.69) is 47.0 Å². The summed E-state index contributed by atoms with van der Waals surface area (Å²) in [6.45, 7) is 5.74. The summed E-state index contributed by atoms with van der Waals surface area (Å²) in [4.78, 5) is 12.8. The number of aromatic nitrogens is 1. The summed E-state index contributed by atoms with van der Waals surface area (Å²) in [5, 5.41) is 15.1. The number of nitrogens with zero attached hydrogens (tertiary/aromatic N) is 3. The number of non-ortho nitro benzene ring substituents is 1. The molecule has 1 N–H and O–H groups in total. The van der Waals surface area contributed by atoms with Crippen LogP contribution in [0.4, 0.5) is 11.4 Å². The van der Waals surface area contributed by atoms with Gasteiger partial charge >= 0.3 is 0 Å². The van der Waals surface area contributed by atoms with Gasteiger partial charge in [0.05, 0.1) is 11.0 Å². The fourth-order valence-electron chi connectivity index (χ4n) is 3.80. The number of benzene rings is 2. The Balaban J connectivity index is 1.68. The number of hydrogen-bond donors (Lipinski definition) is 1. The van der Waals surface area contributed by atoms with Crippen molar-refractivity contribution in [2.24, 2.45) is 0 Å². The summed E-state index contributed by atoms with van der Waals surface area (Å²) in [5.41, 5.74) is 5.55. The smallest absolute Gasteiger partial charge is 0.269 e. The first-order valence-electron chi connectivity index (χ1n) is 9.49. The van der Waals surface area contributed by atoms with Crippen LogP contribution in [0.1, 0.15) is 28.4 Å². The lowest BCUT2D eigenvalue weighted by Crippen LogP contribution is -2.44. The number of fused-ring (bicyclic) bond motifs is 1. The third kappa shape index (κ3) is 3.61. The van der Waals surface area contributed by atoms with Crippen molar-refractivity contribution in [3.05, 3.63) is 93.3 Å². The second kappa shape index (κ2) is 7.67. The second-order valence-corrected chi connectivity index (χ2v) is 7.64. The molecule has 0 aliphatic carbocycles. The van der Waals surface area contributed by atoms with E-state index in [1.165, 1.54) is 11.1 Å². The lowest BCUT2D eigenvalue weighted by Gasteiger charge is -2.39. The molecule has 0 unspecified atom stereocenters. The molecule has 0 saturated carbocycles. The fraction of sp³-hybridized carbons (Fsp3) is 0.227. The van der Waals surface area contributed by atoms with E-state index in [4.69, 9.17) is 12.2 Å². The highest BCUT2D eigenvalue weighted by atomic mass is 32.1. The van der Waals surface area contributed by atoms with Gasteiger partial charge in [-0.2, -0.15) is 0 Å². The molecule has 7 heteroatoms. The fourth-order valence-corrected chi connectivity index (χ4v) is 4.11. The highest BCUT2D eigenvalue weighted by Crippen LogP contribution is 2.34. The largest absolute Gasteiger partial charge is 0.348 e. The average Bonchev–Trinajstić information content (AvgIpc) is 3.19. The van der Waals surface area contributed by atoms with Gasteiger partial charge in [0, 0.05) is 42.8 Å². The predicted octanol–water partition coefficient (Wildman–Crippen LogP) is 4.82. The topological polar surface area (TPSA) is 63.3 Å². The highest BCUT2D eigenvalue weighted by molar-refractivity contribution is 7.80. The Morgan fingerprint density at radius 2 is 1.86 bits per heavy atom. The summed E-state index contributed by atoms with van der Waals surface area (Å²) in [6, 6.07) is 16.9. The van der Waals surface area contributed by atoms with E-state index in [0.29, 0.717) is 5.11 Å². The molecule has 1 aliphatic rings. The molecule has 0 bridgehead atoms. The van der Waals surface area contributed by atoms with Crippen LogP contribution in [0.15, 0.2) is 60.8 Å². The van der Waals surface area contributed by atoms with Crippen molar-refractivity contribution in [3.63, 3.8) is 0 Å². The highest BCUT2D eigenvalue weighted by Gasteiger charge is 2.31. The molecule has 0 fully saturated rings. The second-order valence-electron chi connectivity index (χ2n) is 7.25. The van der Waals surface area contributed by atoms with Gasteiger partial charge in [-0.15, -0.1) is 0 Å². The van der Waals surface area contributed by atoms with Gasteiger partial charge in [0.15, 0.2) is 5.11 Å². The Morgan fingerprint density at radius 1 is 1.10 bits per heavy atom. The van der Waals surface area contributed by atoms with Crippen LogP contribution in [0.5, 0.6) is 0 Å². The maximum absolute atomic E-state index is 11.0. The zero-order valence-corrected chi connectivity index (χ0v) is 17.1. The van der Waals surface area contributed by atoms with Crippen LogP contribution in [-0.4, -0.2) is 26.0 Å². The first-order chi connectivity index (χ1) is 14.0. The van der Waals surface area contributed by atoms with E-state index >= 15 is 0 Å². The van der Waals surface area contributed by atoms with Crippen molar-refractivity contribution < 1.29 is 4.92 Å². The summed E-state index contributed by atoms with van der Waals surface area (Å²) in [6.07, 6.45) is 2.06. The van der Waals surface area contributed by atoms with Crippen LogP contribution < -0.4 is 5.32 Å². The summed E-state index contributed by atoms with van der Waals surface area (Å²) < 4.78 is 2.21. The van der Waals surface area contributed by atoms with E-state index in [1.54, 1.807) is 12.1 Å². The van der Waals surface area contributed by atoms with Gasteiger partial charge in [0.1, 0.15) is 0 Å². The quantitative estimate of drug-likeness (QED) is 0.384. The van der Waals surface area contributed by atoms with Crippen LogP contribution in [0, 0.1) is 24.0 Å². The van der Waals surface area contributed by atoms with Gasteiger partial charge in [-0.1, -0.05) is 12.1 Å². The standard InChI is InChI=1S/C22H22N4O2S/c1-15-5-3-6-19(16(15)2)23-22(29)25-14-13-24-12-4-7-20(24)21(25)17-8-10-18(11-9-17)26(27)28/h3-12,21H,13-14H2,1-2H3,(H,23,29)/t21-/m1/s1. The lowest BCUT2D eigenvalue weighted by molar-refractivity contribution is -0.384. The third-order valence-corrected chi connectivity index (χ3v) is 5.90. The predicted molar refractivity (Wildman–Crippen MR) is 118 cm³/mol. The number of thiocarbonyl (C=S) groups is 1. The SMILES string of the molecule is Cc1cccc(NC(=S)N2CCn3cccc3[C@H]2c2ccc([N+](=O)[O-])cc2)c1C. The molecule has 0 radical (unpaired) electrons. The lowest BCUT2D eigenvalue weighted by atomic mass is 10.00. The van der Waals surface area contributed by atoms with Crippen LogP contribution in [0.2, 0.25) is 0 Å². The molecule has 148 valence electrons. The van der Waals surface area contributed by atoms with E-state index < -0.39 is 0 Å². The Morgan fingerprint density at radius 3 is 2.59 bits per heavy atom. The molecule has 0 saturated heterocycles. The molecule has 29 heavy (non-hydrogen) atoms. The van der Waals surface area contributed by atoms with Crippen LogP contribution in [0.25, 0.3) is 0 Å². The third-order valence-electron chi connectivity index (χ3n) is 5.57. The molecular weight excluding hydrogens is 384 g/mol. The summed E-state index contributed by atoms with van der Waals surface area (Å²) in [7, 11) is 0. The van der Waals surface area contributed by atoms with Crippen molar-refractivity contribution in [1.29, 1.82) is 0 Å². The Kier molecular flexibility index (Phi) is 5.07. The zero-order valence-electron chi connectivity index (χ0n) is 16.3. The monoisotopic (exact) mass is 406 g/mol. The van der Waals surface area contributed by atoms with Crippen LogP contribution in [0.3, 0.4) is 0 Å². The van der Waals surface area contributed by atoms with Gasteiger partial charge in [-0.05, 0) is 73.1 Å². The number of anilines is 1. The molecule has 2 aromatic carbocycles. The zero-order chi connectivity index (χ0) is 20.5. The molecule has 1 aromatic heterocycles. The van der Waals surface area contributed by atoms with Gasteiger partial charge in [-0.25, -0.2) is 0 Å². The molecule has 1 aliphatic heterocycles. The van der Waals surface area contributed by atoms with Crippen molar-refractivity contribution in [2.75, 3.05) is 11.9 Å². The minimum atomic E-state index is -0.377. The number of hydrogen-bond acceptors (Lipinski definition) is 3. The van der Waals surface area contributed by atoms with E-state index in [0.717, 1.165) is 30.0 Å². The van der Waals surface area contributed by atoms with E-state index in [-0.39, 0.29) is 16.7 Å². The van der Waals surface area contributed by atoms with Crippen molar-refractivity contribution in [2.45, 2.75) is 26.4 Å². The number of rotatable bonds is 3. The Labute approximate surface area is 174 Å². The maximum atomic E-state index is 11.0. The molecule has 3 aromatic rings. The summed E-state index contributed by atoms with van der Waals surface area (Å²) in [5.74, 6) is 0. The number of nitro groups is 1. The molecule has 2 heterocycles. The maximum Gasteiger partial charge on any atom is 0.269 e. The van der Waals surface area contributed by atoms with Crippen molar-refractivity contribution >= 4 is 28.7 Å². The van der Waals surface area contributed by atoms with E-state index in [1.807, 2.05) is 30.3 Å². The van der Waals surface area contributed by atoms with Gasteiger partial charge < -0.3 is 14.8 Å². The first kappa shape index (κ1) is 19.1. The molecule has 1 atom stereocenters. The normalized spacial score (nSPS) is 15.7. The van der Waals surface area contributed by atoms with Crippen LogP contribution >= 0.6 is 12.2 Å².